The summed E-state index contributed by atoms with van der Waals surface area (Å²) in [5.41, 5.74) is 13.4. The predicted octanol–water partition coefficient (Wildman–Crippen LogP) is 2.30. The lowest BCUT2D eigenvalue weighted by molar-refractivity contribution is -0.148. The Balaban J connectivity index is 1.35. The van der Waals surface area contributed by atoms with E-state index < -0.39 is 223 Å². The highest BCUT2D eigenvalue weighted by molar-refractivity contribution is 7.99. The highest BCUT2D eigenvalue weighted by Gasteiger charge is 2.46. The molecule has 6 rings (SSSR count). The van der Waals surface area contributed by atoms with Gasteiger partial charge < -0.3 is 83.7 Å². The van der Waals surface area contributed by atoms with Crippen molar-refractivity contribution in [3.05, 3.63) is 107 Å². The van der Waals surface area contributed by atoms with Crippen LogP contribution in [-0.2, 0) is 106 Å². The number of nitrogens with one attached hydrogen (secondary N) is 8. The van der Waals surface area contributed by atoms with Crippen molar-refractivity contribution in [1.82, 2.24) is 47.0 Å². The molecule has 632 valence electrons. The van der Waals surface area contributed by atoms with E-state index in [-0.39, 0.29) is 106 Å². The molecule has 33 nitrogen and oxygen atoms in total. The highest BCUT2D eigenvalue weighted by Crippen LogP contribution is 2.29. The molecule has 2 bridgehead atoms. The number of thioether (sulfide) groups is 3. The van der Waals surface area contributed by atoms with Gasteiger partial charge in [-0.05, 0) is 119 Å². The number of hydrogen-bond donors (Lipinski definition) is 14. The van der Waals surface area contributed by atoms with E-state index in [9.17, 15) is 87.5 Å². The Labute approximate surface area is 685 Å². The maximum absolute atomic E-state index is 15.2. The molecule has 0 aliphatic carbocycles. The minimum Gasteiger partial charge on any atom is -0.481 e. The van der Waals surface area contributed by atoms with Crippen molar-refractivity contribution in [2.75, 3.05) is 36.6 Å². The van der Waals surface area contributed by atoms with Gasteiger partial charge in [0, 0.05) is 92.4 Å². The van der Waals surface area contributed by atoms with Crippen LogP contribution in [0.2, 0.25) is 0 Å². The van der Waals surface area contributed by atoms with Crippen molar-refractivity contribution in [3.8, 4) is 0 Å². The van der Waals surface area contributed by atoms with Crippen molar-refractivity contribution >= 4 is 141 Å². The second kappa shape index (κ2) is 47.8. The van der Waals surface area contributed by atoms with Gasteiger partial charge in [-0.3, -0.25) is 82.1 Å². The van der Waals surface area contributed by atoms with Crippen molar-refractivity contribution in [1.29, 1.82) is 5.41 Å². The number of carboxylic acid groups (broad SMARTS) is 3. The number of unbranched alkanes of at least 4 members (excludes halogenated alkanes) is 1. The summed E-state index contributed by atoms with van der Waals surface area (Å²) in [6, 6.07) is 10.6. The predicted molar refractivity (Wildman–Crippen MR) is 431 cm³/mol. The number of aliphatic carboxylic acids is 3. The van der Waals surface area contributed by atoms with Crippen LogP contribution in [0.15, 0.2) is 84.9 Å². The number of amides is 10. The normalized spacial score (nSPS) is 21.3. The summed E-state index contributed by atoms with van der Waals surface area (Å²) < 4.78 is 0. The van der Waals surface area contributed by atoms with Crippen molar-refractivity contribution in [2.45, 2.75) is 215 Å². The molecule has 10 amide bonds. The zero-order valence-electron chi connectivity index (χ0n) is 65.6. The molecule has 116 heavy (non-hydrogen) atoms. The van der Waals surface area contributed by atoms with E-state index in [1.807, 2.05) is 18.4 Å². The third-order valence-corrected chi connectivity index (χ3v) is 23.2. The summed E-state index contributed by atoms with van der Waals surface area (Å²) in [5, 5.41) is 66.5. The van der Waals surface area contributed by atoms with E-state index in [0.717, 1.165) is 17.3 Å². The lowest BCUT2D eigenvalue weighted by Crippen LogP contribution is -2.60. The zero-order valence-corrected chi connectivity index (χ0v) is 68.0. The number of nitrogens with zero attached hydrogens (tertiary/aromatic N) is 2. The molecular formula is C80H108N12O21S3. The third-order valence-electron chi connectivity index (χ3n) is 20.3. The Hall–Kier alpha value is -10.1. The largest absolute Gasteiger partial charge is 0.481 e. The number of nitrogens with two attached hydrogens (primary N) is 2. The van der Waals surface area contributed by atoms with Gasteiger partial charge in [0.1, 0.15) is 42.0 Å². The van der Waals surface area contributed by atoms with Crippen molar-refractivity contribution in [3.63, 3.8) is 0 Å². The molecule has 0 saturated carbocycles. The van der Waals surface area contributed by atoms with Gasteiger partial charge in [-0.1, -0.05) is 91.3 Å². The lowest BCUT2D eigenvalue weighted by atomic mass is 9.89. The number of fused-ring (bicyclic) bond motifs is 4. The van der Waals surface area contributed by atoms with Crippen molar-refractivity contribution in [2.24, 2.45) is 35.1 Å². The molecule has 2 saturated heterocycles. The first-order chi connectivity index (χ1) is 55.1. The Morgan fingerprint density at radius 2 is 1.22 bits per heavy atom. The smallest absolute Gasteiger partial charge is 0.305 e. The van der Waals surface area contributed by atoms with Crippen LogP contribution in [0.5, 0.6) is 0 Å². The molecule has 2 fully saturated rings. The summed E-state index contributed by atoms with van der Waals surface area (Å²) in [6.45, 7) is 3.98. The van der Waals surface area contributed by atoms with E-state index in [0.29, 0.717) is 41.7 Å². The van der Waals surface area contributed by atoms with Gasteiger partial charge in [-0.15, -0.1) is 0 Å². The Kier molecular flexibility index (Phi) is 39.1. The maximum Gasteiger partial charge on any atom is 0.305 e. The lowest BCUT2D eigenvalue weighted by Gasteiger charge is -2.34. The first-order valence-corrected chi connectivity index (χ1v) is 42.4. The summed E-state index contributed by atoms with van der Waals surface area (Å²) in [7, 11) is 0. The average Bonchev–Trinajstić information content (AvgIpc) is 1.64. The molecule has 0 spiro atoms. The van der Waals surface area contributed by atoms with Crippen molar-refractivity contribution < 1.29 is 102 Å². The number of carboxylic acids is 3. The van der Waals surface area contributed by atoms with Gasteiger partial charge in [0.05, 0.1) is 48.8 Å². The number of aliphatic hydroxyl groups is 1. The number of aliphatic hydroxyl groups excluding tert-OH is 1. The molecule has 0 aromatic heterocycles. The fraction of sp³-hybridized carbons (Fsp3) is 0.550. The summed E-state index contributed by atoms with van der Waals surface area (Å²) in [5.74, 6) is -20.7. The molecule has 0 radical (unpaired) electrons. The topological polar surface area (TPSA) is 538 Å². The molecule has 0 unspecified atom stereocenters. The van der Waals surface area contributed by atoms with Gasteiger partial charge >= 0.3 is 17.9 Å². The van der Waals surface area contributed by atoms with Crippen LogP contribution in [0.3, 0.4) is 0 Å². The minimum atomic E-state index is -1.83. The van der Waals surface area contributed by atoms with Gasteiger partial charge in [-0.2, -0.15) is 35.3 Å². The van der Waals surface area contributed by atoms with Crippen LogP contribution in [0, 0.1) is 29.1 Å². The third kappa shape index (κ3) is 31.2. The highest BCUT2D eigenvalue weighted by atomic mass is 32.2. The van der Waals surface area contributed by atoms with E-state index in [2.05, 4.69) is 37.2 Å². The van der Waals surface area contributed by atoms with Crippen LogP contribution >= 0.6 is 35.3 Å². The van der Waals surface area contributed by atoms with Gasteiger partial charge in [-0.25, -0.2) is 0 Å². The molecule has 3 aliphatic heterocycles. The zero-order chi connectivity index (χ0) is 85.3. The molecule has 36 heteroatoms. The van der Waals surface area contributed by atoms with E-state index >= 15 is 14.4 Å². The van der Waals surface area contributed by atoms with Crippen LogP contribution in [0.25, 0.3) is 0 Å². The maximum atomic E-state index is 15.2. The average molecular weight is 1670 g/mol. The fourth-order valence-corrected chi connectivity index (χ4v) is 16.6. The number of carbonyl (C=O) groups excluding carboxylic acids is 14. The summed E-state index contributed by atoms with van der Waals surface area (Å²) in [6.07, 6.45) is -3.83. The minimum absolute atomic E-state index is 0.00597. The molecule has 3 aromatic carbocycles. The Bertz CT molecular complexity index is 4010. The SMILES string of the molecule is CSCC[C@H](CC(C)=O)C(=O)N[C@H]1CSCc2cccc(c2)CSC[C@@H](C(=O)C[C@@H](CC(=O)O)C(=O)N[C@@H](C)C(=O)C[C@@H](Cc2ccccc2)C(=O)N[C@@H](CCCCC(=N)N)C(=O)N[C@@H](CC(=O)O)C(N)=O)NC(=O)[C@H](Cc2ccccc2)CC(=O)[C@H](CCC(=O)O)NC(=O)[C@H]([C@@H](C)O)NC(=O)[C@@H]2CCCN2C(=O)[C@@H]2CCCN2C1=O. The molecule has 14 atom stereocenters. The number of ketones is 4. The monoisotopic (exact) mass is 1670 g/mol. The van der Waals surface area contributed by atoms with Crippen LogP contribution in [0.1, 0.15) is 152 Å². The van der Waals surface area contributed by atoms with E-state index in [1.54, 1.807) is 72.8 Å². The molecule has 3 aromatic rings. The first-order valence-electron chi connectivity index (χ1n) is 38.7. The quantitative estimate of drug-likeness (QED) is 0.0224. The second-order valence-electron chi connectivity index (χ2n) is 29.7. The van der Waals surface area contributed by atoms with E-state index in [4.69, 9.17) is 16.9 Å². The summed E-state index contributed by atoms with van der Waals surface area (Å²) >= 11 is 3.91. The first kappa shape index (κ1) is 94.8. The molecule has 16 N–H and O–H groups in total. The molecule has 3 aliphatic rings. The van der Waals surface area contributed by atoms with Gasteiger partial charge in [0.2, 0.25) is 59.1 Å². The van der Waals surface area contributed by atoms with Gasteiger partial charge in [0.25, 0.3) is 0 Å². The second-order valence-corrected chi connectivity index (χ2v) is 32.7. The molecule has 3 heterocycles. The number of primary amides is 1. The fourth-order valence-electron chi connectivity index (χ4n) is 14.1. The van der Waals surface area contributed by atoms with Crippen LogP contribution in [0.4, 0.5) is 0 Å². The summed E-state index contributed by atoms with van der Waals surface area (Å²) in [4.78, 5) is 239. The van der Waals surface area contributed by atoms with Gasteiger partial charge in [0.15, 0.2) is 17.3 Å². The van der Waals surface area contributed by atoms with Crippen LogP contribution < -0.4 is 48.7 Å². The number of hydrogen-bond acceptors (Lipinski definition) is 22. The van der Waals surface area contributed by atoms with E-state index in [1.165, 1.54) is 54.1 Å². The standard InChI is InChI=1S/C80H108N12O21S3/c1-45(93)32-52(28-31-114-4)72(105)89-60-44-116-42-51-21-13-20-50(33-51)41-115-43-59(65(97)38-55(39-68(100)101)73(106)84-46(2)63(95)36-53(34-48-16-7-5-8-17-48)74(107)86-57(22-11-12-25-66(81)82)76(109)87-58(71(83)104)40-69(102)103)88-75(108)54(35-49-18-9-6-10-19-49)37-64(96)56(26-27-67(98)99)85-78(111)70(47(3)94)90-77(110)61-23-14-29-91(61)80(113)62-24-15-30-92(62)79(60)112/h5-10,13,16-21,33,46-47,52-62,70,94H,11-12,14-15,22-32,34-44H2,1-4H3,(H3,81,82)(H2,83,104)(H,84,106)(H,85,111)(H,86,107)(H,87,109)(H,88,108)(H,89,105)(H,90,110)(H,98,99)(H,100,101)(H,102,103)/t46-,47+,52+,53+,54+,55-,56-,57-,58-,59-,60-,61-,62-,70-/m0/s1. The van der Waals surface area contributed by atoms with Crippen LogP contribution in [-0.4, -0.2) is 233 Å². The molecular weight excluding hydrogens is 1560 g/mol. The number of rotatable bonds is 37. The number of Topliss-reactive ketones (excluding diaryl/α,β-unsaturated/α-hetero) is 4. The number of benzene rings is 3. The number of amidine groups is 1. The number of carbonyl (C=O) groups is 17. The Morgan fingerprint density at radius 3 is 1.81 bits per heavy atom. The Morgan fingerprint density at radius 1 is 0.612 bits per heavy atom.